The largest absolute Gasteiger partial charge is 0.239 e. The maximum Gasteiger partial charge on any atom is 0.116 e. The first-order valence-corrected chi connectivity index (χ1v) is 8.13. The van der Waals surface area contributed by atoms with Crippen molar-refractivity contribution in [1.82, 2.24) is 0 Å². The third kappa shape index (κ3) is 1.93. The Morgan fingerprint density at radius 2 is 1.67 bits per heavy atom. The molecule has 1 unspecified atom stereocenters. The fraction of sp³-hybridized carbons (Fsp3) is 0. The highest BCUT2D eigenvalue weighted by molar-refractivity contribution is 8.10. The number of fused-ring (bicyclic) bond motifs is 1. The van der Waals surface area contributed by atoms with E-state index in [0.29, 0.717) is 14.9 Å². The highest BCUT2D eigenvalue weighted by Gasteiger charge is 2.25. The lowest BCUT2D eigenvalue weighted by Crippen LogP contribution is -1.98. The Balaban J connectivity index is 2.20. The Morgan fingerprint density at radius 1 is 1.00 bits per heavy atom. The average molecular weight is 316 g/mol. The van der Waals surface area contributed by atoms with Gasteiger partial charge in [0, 0.05) is 22.0 Å². The van der Waals surface area contributed by atoms with Crippen LogP contribution in [0.5, 0.6) is 0 Å². The van der Waals surface area contributed by atoms with Crippen LogP contribution in [0.3, 0.4) is 0 Å². The van der Waals surface area contributed by atoms with Crippen LogP contribution in [0.1, 0.15) is 0 Å². The molecule has 0 aliphatic carbocycles. The van der Waals surface area contributed by atoms with Gasteiger partial charge in [-0.15, -0.1) is 0 Å². The molecule has 2 nitrogen and oxygen atoms in total. The highest BCUT2D eigenvalue weighted by atomic mass is 35.5. The second kappa shape index (κ2) is 4.46. The van der Waals surface area contributed by atoms with Crippen molar-refractivity contribution in [2.45, 2.75) is 14.7 Å². The molecule has 1 atom stereocenters. The van der Waals surface area contributed by atoms with Crippen LogP contribution in [-0.4, -0.2) is 4.21 Å². The van der Waals surface area contributed by atoms with Crippen molar-refractivity contribution >= 4 is 44.9 Å². The van der Waals surface area contributed by atoms with E-state index in [1.807, 2.05) is 0 Å². The molecule has 1 aliphatic heterocycles. The van der Waals surface area contributed by atoms with E-state index < -0.39 is 9.73 Å². The minimum Gasteiger partial charge on any atom is -0.239 e. The van der Waals surface area contributed by atoms with Crippen LogP contribution in [0.4, 0.5) is 0 Å². The lowest BCUT2D eigenvalue weighted by molar-refractivity contribution is 0.677. The molecule has 0 saturated carbocycles. The number of benzene rings is 2. The van der Waals surface area contributed by atoms with Gasteiger partial charge in [-0.3, -0.25) is 0 Å². The topological polar surface area (TPSA) is 29.4 Å². The summed E-state index contributed by atoms with van der Waals surface area (Å²) in [7, 11) is -2.55. The normalized spacial score (nSPS) is 21.4. The minimum atomic E-state index is -2.55. The second-order valence-electron chi connectivity index (χ2n) is 3.74. The van der Waals surface area contributed by atoms with E-state index in [9.17, 15) is 4.21 Å². The van der Waals surface area contributed by atoms with Crippen molar-refractivity contribution in [2.24, 2.45) is 3.77 Å². The van der Waals surface area contributed by atoms with Gasteiger partial charge in [0.15, 0.2) is 0 Å². The van der Waals surface area contributed by atoms with Gasteiger partial charge in [0.1, 0.15) is 9.73 Å². The van der Waals surface area contributed by atoms with Gasteiger partial charge in [0.2, 0.25) is 0 Å². The number of halogens is 2. The first-order valence-electron chi connectivity index (χ1n) is 5.08. The predicted molar refractivity (Wildman–Crippen MR) is 75.9 cm³/mol. The Hall–Kier alpha value is -0.680. The lowest BCUT2D eigenvalue weighted by atomic mass is 10.4. The second-order valence-corrected chi connectivity index (χ2v) is 7.79. The molecule has 0 bridgehead atoms. The Bertz CT molecular complexity index is 734. The van der Waals surface area contributed by atoms with E-state index in [-0.39, 0.29) is 0 Å². The zero-order valence-corrected chi connectivity index (χ0v) is 12.1. The summed E-state index contributed by atoms with van der Waals surface area (Å²) in [6.07, 6.45) is 0. The van der Waals surface area contributed by atoms with E-state index in [2.05, 4.69) is 3.77 Å². The van der Waals surface area contributed by atoms with Gasteiger partial charge >= 0.3 is 0 Å². The highest BCUT2D eigenvalue weighted by Crippen LogP contribution is 2.42. The van der Waals surface area contributed by atoms with E-state index in [1.54, 1.807) is 42.5 Å². The van der Waals surface area contributed by atoms with Crippen LogP contribution < -0.4 is 0 Å². The van der Waals surface area contributed by atoms with Crippen LogP contribution >= 0.6 is 35.1 Å². The third-order valence-corrected chi connectivity index (χ3v) is 6.73. The Morgan fingerprint density at radius 3 is 2.39 bits per heavy atom. The molecular weight excluding hydrogens is 309 g/mol. The number of hydrogen-bond acceptors (Lipinski definition) is 3. The van der Waals surface area contributed by atoms with E-state index >= 15 is 0 Å². The van der Waals surface area contributed by atoms with Crippen molar-refractivity contribution in [1.29, 1.82) is 0 Å². The van der Waals surface area contributed by atoms with Crippen LogP contribution in [0.25, 0.3) is 0 Å². The van der Waals surface area contributed by atoms with Gasteiger partial charge in [-0.25, -0.2) is 4.21 Å². The lowest BCUT2D eigenvalue weighted by Gasteiger charge is -2.06. The maximum atomic E-state index is 13.0. The van der Waals surface area contributed by atoms with Crippen LogP contribution in [0.2, 0.25) is 10.0 Å². The smallest absolute Gasteiger partial charge is 0.116 e. The number of nitrogens with zero attached hydrogens (tertiary/aromatic N) is 1. The average Bonchev–Trinajstić information content (AvgIpc) is 2.68. The standard InChI is InChI=1S/C12H7Cl2NOS2/c13-8-1-4-10(5-2-8)18(16)12-6-3-9(14)7-11(12)17-15-18/h1-7H. The zero-order chi connectivity index (χ0) is 12.8. The van der Waals surface area contributed by atoms with Crippen molar-refractivity contribution in [3.63, 3.8) is 0 Å². The first-order chi connectivity index (χ1) is 8.59. The van der Waals surface area contributed by atoms with E-state index in [0.717, 1.165) is 9.79 Å². The molecule has 2 aromatic carbocycles. The molecule has 0 fully saturated rings. The molecule has 0 amide bonds. The van der Waals surface area contributed by atoms with Gasteiger partial charge in [-0.1, -0.05) is 23.2 Å². The number of rotatable bonds is 1. The summed E-state index contributed by atoms with van der Waals surface area (Å²) in [4.78, 5) is 2.24. The van der Waals surface area contributed by atoms with Crippen LogP contribution in [0.15, 0.2) is 60.9 Å². The summed E-state index contributed by atoms with van der Waals surface area (Å²) in [5.41, 5.74) is 0. The summed E-state index contributed by atoms with van der Waals surface area (Å²) in [5, 5.41) is 1.24. The molecule has 1 aliphatic rings. The molecule has 18 heavy (non-hydrogen) atoms. The van der Waals surface area contributed by atoms with E-state index in [4.69, 9.17) is 23.2 Å². The summed E-state index contributed by atoms with van der Waals surface area (Å²) >= 11 is 13.0. The fourth-order valence-electron chi connectivity index (χ4n) is 1.70. The van der Waals surface area contributed by atoms with Gasteiger partial charge < -0.3 is 0 Å². The van der Waals surface area contributed by atoms with Crippen molar-refractivity contribution in [3.8, 4) is 0 Å². The Labute approximate surface area is 120 Å². The molecular formula is C12H7Cl2NOS2. The molecule has 6 heteroatoms. The fourth-order valence-corrected chi connectivity index (χ4v) is 5.60. The molecule has 3 rings (SSSR count). The molecule has 0 spiro atoms. The summed E-state index contributed by atoms with van der Waals surface area (Å²) in [5.74, 6) is 0. The van der Waals surface area contributed by atoms with Gasteiger partial charge in [0.05, 0.1) is 14.7 Å². The van der Waals surface area contributed by atoms with Crippen molar-refractivity contribution in [2.75, 3.05) is 0 Å². The maximum absolute atomic E-state index is 13.0. The molecule has 0 radical (unpaired) electrons. The molecule has 2 aromatic rings. The van der Waals surface area contributed by atoms with Crippen LogP contribution in [-0.2, 0) is 9.73 Å². The summed E-state index contributed by atoms with van der Waals surface area (Å²) < 4.78 is 17.2. The third-order valence-electron chi connectivity index (χ3n) is 2.58. The van der Waals surface area contributed by atoms with Crippen molar-refractivity contribution < 1.29 is 4.21 Å². The molecule has 0 saturated heterocycles. The molecule has 0 aromatic heterocycles. The summed E-state index contributed by atoms with van der Waals surface area (Å²) in [6, 6.07) is 12.2. The monoisotopic (exact) mass is 315 g/mol. The quantitative estimate of drug-likeness (QED) is 0.700. The van der Waals surface area contributed by atoms with Crippen LogP contribution in [0, 0.1) is 0 Å². The van der Waals surface area contributed by atoms with Gasteiger partial charge in [-0.05, 0) is 42.5 Å². The zero-order valence-electron chi connectivity index (χ0n) is 8.97. The SMILES string of the molecule is O=S1(c2ccc(Cl)cc2)=NSc2cc(Cl)ccc21. The van der Waals surface area contributed by atoms with Crippen molar-refractivity contribution in [3.05, 3.63) is 52.5 Å². The molecule has 1 heterocycles. The van der Waals surface area contributed by atoms with E-state index in [1.165, 1.54) is 11.9 Å². The molecule has 0 N–H and O–H groups in total. The summed E-state index contributed by atoms with van der Waals surface area (Å²) in [6.45, 7) is 0. The van der Waals surface area contributed by atoms with Gasteiger partial charge in [-0.2, -0.15) is 3.77 Å². The number of hydrogen-bond donors (Lipinski definition) is 0. The molecule has 92 valence electrons. The first kappa shape index (κ1) is 12.4. The van der Waals surface area contributed by atoms with Gasteiger partial charge in [0.25, 0.3) is 0 Å². The Kier molecular flexibility index (Phi) is 3.06. The predicted octanol–water partition coefficient (Wildman–Crippen LogP) is 4.90. The minimum absolute atomic E-state index is 0.615.